The van der Waals surface area contributed by atoms with Crippen LogP contribution in [0.25, 0.3) is 0 Å². The molecule has 2 saturated heterocycles. The van der Waals surface area contributed by atoms with Gasteiger partial charge in [0.2, 0.25) is 17.7 Å². The van der Waals surface area contributed by atoms with Gasteiger partial charge in [0.05, 0.1) is 5.41 Å². The predicted octanol–water partition coefficient (Wildman–Crippen LogP) is 4.48. The molecule has 6 rings (SSSR count). The fourth-order valence-corrected chi connectivity index (χ4v) is 7.00. The number of benzene rings is 3. The third-order valence-electron chi connectivity index (χ3n) is 9.35. The molecule has 0 unspecified atom stereocenters. The summed E-state index contributed by atoms with van der Waals surface area (Å²) >= 11 is 0. The summed E-state index contributed by atoms with van der Waals surface area (Å²) in [5, 5.41) is 4.34. The molecule has 0 radical (unpaired) electrons. The highest BCUT2D eigenvalue weighted by atomic mass is 16.5. The van der Waals surface area contributed by atoms with E-state index in [4.69, 9.17) is 10.3 Å². The number of primary amides is 1. The maximum Gasteiger partial charge on any atom is 0.237 e. The number of hydrogen-bond acceptors (Lipinski definition) is 6. The van der Waals surface area contributed by atoms with Crippen molar-refractivity contribution < 1.29 is 14.1 Å². The van der Waals surface area contributed by atoms with Crippen LogP contribution in [-0.2, 0) is 26.8 Å². The SMILES string of the molecule is NC(=O)Cc1nc(C2(c3ccccc3)CCN(CCC(C(=O)N3CCCC3)(c3ccccc3)c3ccccc3)CC2)no1. The molecule has 8 heteroatoms. The van der Waals surface area contributed by atoms with Crippen molar-refractivity contribution in [3.8, 4) is 0 Å². The molecule has 8 nitrogen and oxygen atoms in total. The van der Waals surface area contributed by atoms with Crippen molar-refractivity contribution in [2.24, 2.45) is 5.73 Å². The van der Waals surface area contributed by atoms with Crippen LogP contribution in [0.4, 0.5) is 0 Å². The van der Waals surface area contributed by atoms with Gasteiger partial charge >= 0.3 is 0 Å². The number of carbonyl (C=O) groups is 2. The number of nitrogens with two attached hydrogens (primary N) is 1. The van der Waals surface area contributed by atoms with Crippen molar-refractivity contribution in [2.75, 3.05) is 32.7 Å². The molecule has 2 N–H and O–H groups in total. The van der Waals surface area contributed by atoms with E-state index in [1.54, 1.807) is 0 Å². The molecule has 3 aromatic carbocycles. The molecule has 0 bridgehead atoms. The Kier molecular flexibility index (Phi) is 8.38. The molecule has 3 heterocycles. The lowest BCUT2D eigenvalue weighted by molar-refractivity contribution is -0.135. The Balaban J connectivity index is 1.28. The Labute approximate surface area is 252 Å². The van der Waals surface area contributed by atoms with Gasteiger partial charge in [-0.3, -0.25) is 9.59 Å². The van der Waals surface area contributed by atoms with Gasteiger partial charge in [-0.05, 0) is 68.4 Å². The van der Waals surface area contributed by atoms with Crippen LogP contribution >= 0.6 is 0 Å². The van der Waals surface area contributed by atoms with Crippen molar-refractivity contribution in [2.45, 2.75) is 49.4 Å². The summed E-state index contributed by atoms with van der Waals surface area (Å²) in [6, 6.07) is 30.9. The summed E-state index contributed by atoms with van der Waals surface area (Å²) < 4.78 is 5.45. The maximum absolute atomic E-state index is 14.5. The number of nitrogens with zero attached hydrogens (tertiary/aromatic N) is 4. The smallest absolute Gasteiger partial charge is 0.237 e. The van der Waals surface area contributed by atoms with Crippen molar-refractivity contribution >= 4 is 11.8 Å². The first kappa shape index (κ1) is 28.8. The standard InChI is InChI=1S/C35H39N5O3/c36-30(41)26-31-37-32(38-43-31)34(27-12-4-1-5-13-27)18-23-39(24-19-34)25-20-35(28-14-6-2-7-15-28,29-16-8-3-9-17-29)33(42)40-21-10-11-22-40/h1-9,12-17H,10-11,18-26H2,(H2,36,41). The van der Waals surface area contributed by atoms with E-state index >= 15 is 0 Å². The highest BCUT2D eigenvalue weighted by Crippen LogP contribution is 2.42. The van der Waals surface area contributed by atoms with Gasteiger partial charge in [-0.25, -0.2) is 0 Å². The lowest BCUT2D eigenvalue weighted by Crippen LogP contribution is -2.50. The number of hydrogen-bond donors (Lipinski definition) is 1. The Morgan fingerprint density at radius 2 is 1.37 bits per heavy atom. The summed E-state index contributed by atoms with van der Waals surface area (Å²) in [4.78, 5) is 35.2. The van der Waals surface area contributed by atoms with Crippen LogP contribution < -0.4 is 5.73 Å². The summed E-state index contributed by atoms with van der Waals surface area (Å²) in [6.45, 7) is 4.02. The molecular weight excluding hydrogens is 538 g/mol. The van der Waals surface area contributed by atoms with Gasteiger partial charge in [0.25, 0.3) is 0 Å². The van der Waals surface area contributed by atoms with Crippen LogP contribution in [0, 0.1) is 0 Å². The first-order valence-corrected chi connectivity index (χ1v) is 15.3. The Bertz CT molecular complexity index is 1470. The van der Waals surface area contributed by atoms with Gasteiger partial charge in [-0.2, -0.15) is 4.98 Å². The van der Waals surface area contributed by atoms with Gasteiger partial charge < -0.3 is 20.1 Å². The average molecular weight is 578 g/mol. The topological polar surface area (TPSA) is 106 Å². The molecular formula is C35H39N5O3. The molecule has 0 aliphatic carbocycles. The van der Waals surface area contributed by atoms with E-state index in [0.717, 1.165) is 75.1 Å². The Morgan fingerprint density at radius 1 is 0.814 bits per heavy atom. The lowest BCUT2D eigenvalue weighted by atomic mass is 9.70. The molecule has 2 aliphatic heterocycles. The second-order valence-electron chi connectivity index (χ2n) is 11.8. The molecule has 0 atom stereocenters. The fraction of sp³-hybridized carbons (Fsp3) is 0.371. The quantitative estimate of drug-likeness (QED) is 0.298. The molecule has 1 aromatic heterocycles. The van der Waals surface area contributed by atoms with Gasteiger partial charge in [0, 0.05) is 13.1 Å². The van der Waals surface area contributed by atoms with E-state index in [0.29, 0.717) is 12.2 Å². The molecule has 43 heavy (non-hydrogen) atoms. The number of aromatic nitrogens is 2. The summed E-state index contributed by atoms with van der Waals surface area (Å²) in [6.07, 6.45) is 4.29. The zero-order valence-corrected chi connectivity index (χ0v) is 24.5. The maximum atomic E-state index is 14.5. The van der Waals surface area contributed by atoms with Crippen molar-refractivity contribution in [3.63, 3.8) is 0 Å². The van der Waals surface area contributed by atoms with Crippen molar-refractivity contribution in [3.05, 3.63) is 119 Å². The molecule has 2 fully saturated rings. The van der Waals surface area contributed by atoms with Crippen LogP contribution in [0.1, 0.15) is 60.5 Å². The van der Waals surface area contributed by atoms with Crippen LogP contribution in [0.2, 0.25) is 0 Å². The zero-order valence-electron chi connectivity index (χ0n) is 24.5. The van der Waals surface area contributed by atoms with E-state index in [-0.39, 0.29) is 18.2 Å². The van der Waals surface area contributed by atoms with Gasteiger partial charge in [-0.15, -0.1) is 0 Å². The number of amides is 2. The number of piperidine rings is 1. The van der Waals surface area contributed by atoms with E-state index in [2.05, 4.69) is 56.3 Å². The van der Waals surface area contributed by atoms with E-state index in [9.17, 15) is 9.59 Å². The van der Waals surface area contributed by atoms with Gasteiger partial charge in [0.15, 0.2) is 5.82 Å². The first-order valence-electron chi connectivity index (χ1n) is 15.3. The normalized spacial score (nSPS) is 17.2. The Morgan fingerprint density at radius 3 is 1.93 bits per heavy atom. The number of carbonyl (C=O) groups excluding carboxylic acids is 2. The van der Waals surface area contributed by atoms with Gasteiger partial charge in [-0.1, -0.05) is 96.2 Å². The van der Waals surface area contributed by atoms with Crippen LogP contribution in [0.15, 0.2) is 95.5 Å². The van der Waals surface area contributed by atoms with E-state index < -0.39 is 16.7 Å². The summed E-state index contributed by atoms with van der Waals surface area (Å²) in [5.74, 6) is 0.548. The largest absolute Gasteiger partial charge is 0.369 e. The van der Waals surface area contributed by atoms with E-state index in [1.165, 1.54) is 0 Å². The average Bonchev–Trinajstić information content (AvgIpc) is 3.76. The zero-order chi connectivity index (χ0) is 29.7. The second kappa shape index (κ2) is 12.5. The number of likely N-dealkylation sites (tertiary alicyclic amines) is 2. The van der Waals surface area contributed by atoms with Crippen LogP contribution in [-0.4, -0.2) is 64.5 Å². The molecule has 4 aromatic rings. The molecule has 0 spiro atoms. The number of rotatable bonds is 10. The highest BCUT2D eigenvalue weighted by molar-refractivity contribution is 5.92. The third kappa shape index (κ3) is 5.71. The second-order valence-corrected chi connectivity index (χ2v) is 11.8. The molecule has 222 valence electrons. The third-order valence-corrected chi connectivity index (χ3v) is 9.35. The summed E-state index contributed by atoms with van der Waals surface area (Å²) in [7, 11) is 0. The fourth-order valence-electron chi connectivity index (χ4n) is 7.00. The van der Waals surface area contributed by atoms with E-state index in [1.807, 2.05) is 54.6 Å². The van der Waals surface area contributed by atoms with Crippen molar-refractivity contribution in [1.29, 1.82) is 0 Å². The van der Waals surface area contributed by atoms with Crippen LogP contribution in [0.3, 0.4) is 0 Å². The molecule has 0 saturated carbocycles. The molecule has 2 amide bonds. The minimum Gasteiger partial charge on any atom is -0.369 e. The van der Waals surface area contributed by atoms with Crippen molar-refractivity contribution in [1.82, 2.24) is 19.9 Å². The Hall–Kier alpha value is -4.30. The minimum atomic E-state index is -0.766. The predicted molar refractivity (Wildman–Crippen MR) is 164 cm³/mol. The van der Waals surface area contributed by atoms with Gasteiger partial charge in [0.1, 0.15) is 11.8 Å². The lowest BCUT2D eigenvalue weighted by Gasteiger charge is -2.42. The summed E-state index contributed by atoms with van der Waals surface area (Å²) in [5.41, 5.74) is 7.41. The minimum absolute atomic E-state index is 0.0733. The monoisotopic (exact) mass is 577 g/mol. The molecule has 2 aliphatic rings. The van der Waals surface area contributed by atoms with Crippen LogP contribution in [0.5, 0.6) is 0 Å². The first-order chi connectivity index (χ1) is 21.0. The highest BCUT2D eigenvalue weighted by Gasteiger charge is 2.46.